The molecule has 0 amide bonds. The molecule has 0 fully saturated rings. The molecular formula is C63H102O6. The van der Waals surface area contributed by atoms with Gasteiger partial charge in [-0.05, 0) is 96.3 Å². The lowest BCUT2D eigenvalue weighted by molar-refractivity contribution is -0.167. The Hall–Kier alpha value is -4.19. The highest BCUT2D eigenvalue weighted by Gasteiger charge is 2.19. The number of carbonyl (C=O) groups excluding carboxylic acids is 3. The van der Waals surface area contributed by atoms with E-state index in [0.717, 1.165) is 96.3 Å². The summed E-state index contributed by atoms with van der Waals surface area (Å²) >= 11 is 0. The van der Waals surface area contributed by atoms with Gasteiger partial charge in [0.25, 0.3) is 0 Å². The third-order valence-corrected chi connectivity index (χ3v) is 11.5. The number of hydrogen-bond donors (Lipinski definition) is 0. The second-order valence-corrected chi connectivity index (χ2v) is 18.1. The molecule has 0 saturated heterocycles. The molecule has 69 heavy (non-hydrogen) atoms. The van der Waals surface area contributed by atoms with E-state index in [-0.39, 0.29) is 44.0 Å². The third-order valence-electron chi connectivity index (χ3n) is 11.5. The molecule has 6 nitrogen and oxygen atoms in total. The van der Waals surface area contributed by atoms with Crippen molar-refractivity contribution >= 4 is 17.9 Å². The minimum Gasteiger partial charge on any atom is -0.462 e. The minimum absolute atomic E-state index is 0.119. The molecule has 6 heteroatoms. The molecule has 0 rings (SSSR count). The average Bonchev–Trinajstić information content (AvgIpc) is 3.35. The fourth-order valence-corrected chi connectivity index (χ4v) is 7.34. The third kappa shape index (κ3) is 54.6. The molecule has 390 valence electrons. The van der Waals surface area contributed by atoms with Crippen LogP contribution in [0.15, 0.2) is 122 Å². The Morgan fingerprint density at radius 3 is 0.884 bits per heavy atom. The number of esters is 3. The molecule has 0 unspecified atom stereocenters. The van der Waals surface area contributed by atoms with Gasteiger partial charge in [-0.1, -0.05) is 245 Å². The van der Waals surface area contributed by atoms with Crippen LogP contribution >= 0.6 is 0 Å². The van der Waals surface area contributed by atoms with Crippen molar-refractivity contribution in [1.82, 2.24) is 0 Å². The maximum atomic E-state index is 12.8. The van der Waals surface area contributed by atoms with Crippen LogP contribution in [0.25, 0.3) is 0 Å². The highest BCUT2D eigenvalue weighted by atomic mass is 16.6. The zero-order valence-electron chi connectivity index (χ0n) is 44.5. The van der Waals surface area contributed by atoms with Crippen molar-refractivity contribution in [3.05, 3.63) is 122 Å². The summed E-state index contributed by atoms with van der Waals surface area (Å²) in [4.78, 5) is 38.1. The Morgan fingerprint density at radius 1 is 0.304 bits per heavy atom. The Morgan fingerprint density at radius 2 is 0.565 bits per heavy atom. The molecule has 0 saturated carbocycles. The normalized spacial score (nSPS) is 13.0. The predicted octanol–water partition coefficient (Wildman–Crippen LogP) is 18.9. The number of unbranched alkanes of at least 4 members (excludes halogenated alkanes) is 18. The summed E-state index contributed by atoms with van der Waals surface area (Å²) in [6.45, 7) is 6.32. The first-order valence-corrected chi connectivity index (χ1v) is 28.0. The van der Waals surface area contributed by atoms with Crippen LogP contribution in [0.4, 0.5) is 0 Å². The van der Waals surface area contributed by atoms with Gasteiger partial charge in [-0.2, -0.15) is 0 Å². The molecular weight excluding hydrogens is 853 g/mol. The van der Waals surface area contributed by atoms with E-state index < -0.39 is 6.10 Å². The summed E-state index contributed by atoms with van der Waals surface area (Å²) in [5.41, 5.74) is 0. The summed E-state index contributed by atoms with van der Waals surface area (Å²) in [5.74, 6) is -1.04. The van der Waals surface area contributed by atoms with E-state index in [1.165, 1.54) is 89.9 Å². The van der Waals surface area contributed by atoms with Crippen molar-refractivity contribution in [1.29, 1.82) is 0 Å². The topological polar surface area (TPSA) is 78.9 Å². The zero-order chi connectivity index (χ0) is 50.0. The molecule has 0 aliphatic rings. The van der Waals surface area contributed by atoms with E-state index in [4.69, 9.17) is 14.2 Å². The maximum Gasteiger partial charge on any atom is 0.306 e. The standard InChI is InChI=1S/C63H102O6/c1-4-7-10-13-16-19-22-25-28-31-34-37-40-43-46-49-52-55-61(64)67-58-60(69-63(66)57-54-51-48-45-42-39-36-33-30-27-24-21-18-15-12-9-6-3)59-68-62(65)56-53-50-47-44-41-38-35-32-29-26-23-20-17-14-11-8-5-2/h7,9-10,12,16,18-19,21,25,27-28,30,34,36-37,39,43,45-46,48,60H,4-6,8,11,13-15,17,20,22-24,26,29,31-33,35,38,40-42,44,47,49-59H2,1-3H3/b10-7+,12-9+,19-16+,21-18+,28-25+,30-27+,37-34+,39-36+,46-43+,48-45+/t60-/m0/s1. The van der Waals surface area contributed by atoms with Crippen molar-refractivity contribution in [2.24, 2.45) is 0 Å². The lowest BCUT2D eigenvalue weighted by Gasteiger charge is -2.18. The second-order valence-electron chi connectivity index (χ2n) is 18.1. The smallest absolute Gasteiger partial charge is 0.306 e. The van der Waals surface area contributed by atoms with E-state index in [9.17, 15) is 14.4 Å². The number of ether oxygens (including phenoxy) is 3. The van der Waals surface area contributed by atoms with Crippen molar-refractivity contribution in [2.75, 3.05) is 13.2 Å². The molecule has 0 aromatic rings. The van der Waals surface area contributed by atoms with Crippen LogP contribution in [0.5, 0.6) is 0 Å². The maximum absolute atomic E-state index is 12.8. The van der Waals surface area contributed by atoms with Crippen molar-refractivity contribution in [3.8, 4) is 0 Å². The van der Waals surface area contributed by atoms with E-state index >= 15 is 0 Å². The van der Waals surface area contributed by atoms with Crippen LogP contribution in [0.3, 0.4) is 0 Å². The summed E-state index contributed by atoms with van der Waals surface area (Å²) in [7, 11) is 0. The van der Waals surface area contributed by atoms with Gasteiger partial charge in [0.2, 0.25) is 0 Å². The van der Waals surface area contributed by atoms with Crippen LogP contribution < -0.4 is 0 Å². The first-order chi connectivity index (χ1) is 34.0. The second kappa shape index (κ2) is 56.4. The van der Waals surface area contributed by atoms with Crippen molar-refractivity contribution in [2.45, 2.75) is 245 Å². The van der Waals surface area contributed by atoms with Gasteiger partial charge in [-0.25, -0.2) is 0 Å². The van der Waals surface area contributed by atoms with Crippen molar-refractivity contribution < 1.29 is 28.6 Å². The Balaban J connectivity index is 4.56. The van der Waals surface area contributed by atoms with E-state index in [1.54, 1.807) is 0 Å². The van der Waals surface area contributed by atoms with Crippen LogP contribution in [0, 0.1) is 0 Å². The van der Waals surface area contributed by atoms with Gasteiger partial charge in [0.05, 0.1) is 0 Å². The van der Waals surface area contributed by atoms with Crippen LogP contribution in [0.1, 0.15) is 239 Å². The predicted molar refractivity (Wildman–Crippen MR) is 297 cm³/mol. The number of allylic oxidation sites excluding steroid dienone is 20. The molecule has 0 radical (unpaired) electrons. The monoisotopic (exact) mass is 955 g/mol. The van der Waals surface area contributed by atoms with Gasteiger partial charge in [0, 0.05) is 19.3 Å². The molecule has 0 aromatic heterocycles. The van der Waals surface area contributed by atoms with Crippen LogP contribution in [-0.4, -0.2) is 37.2 Å². The number of carbonyl (C=O) groups is 3. The zero-order valence-corrected chi connectivity index (χ0v) is 44.5. The molecule has 1 atom stereocenters. The summed E-state index contributed by atoms with van der Waals surface area (Å²) in [5, 5.41) is 0. The Labute approximate surface area is 424 Å². The molecule has 0 heterocycles. The number of rotatable bonds is 49. The van der Waals surface area contributed by atoms with Crippen molar-refractivity contribution in [3.63, 3.8) is 0 Å². The lowest BCUT2D eigenvalue weighted by atomic mass is 10.0. The summed E-state index contributed by atoms with van der Waals surface area (Å²) in [6, 6.07) is 0. The van der Waals surface area contributed by atoms with Gasteiger partial charge < -0.3 is 14.2 Å². The molecule has 0 bridgehead atoms. The first kappa shape index (κ1) is 64.8. The summed E-state index contributed by atoms with van der Waals surface area (Å²) in [6.07, 6.45) is 77.7. The molecule has 0 aromatic carbocycles. The van der Waals surface area contributed by atoms with Crippen LogP contribution in [0.2, 0.25) is 0 Å². The van der Waals surface area contributed by atoms with Gasteiger partial charge in [0.1, 0.15) is 13.2 Å². The van der Waals surface area contributed by atoms with Crippen LogP contribution in [-0.2, 0) is 28.6 Å². The van der Waals surface area contributed by atoms with Gasteiger partial charge in [-0.15, -0.1) is 0 Å². The van der Waals surface area contributed by atoms with E-state index in [2.05, 4.69) is 142 Å². The summed E-state index contributed by atoms with van der Waals surface area (Å²) < 4.78 is 16.8. The number of hydrogen-bond acceptors (Lipinski definition) is 6. The highest BCUT2D eigenvalue weighted by molar-refractivity contribution is 5.71. The molecule has 0 spiro atoms. The molecule has 0 N–H and O–H groups in total. The average molecular weight is 956 g/mol. The quantitative estimate of drug-likeness (QED) is 0.0262. The molecule has 0 aliphatic heterocycles. The van der Waals surface area contributed by atoms with Gasteiger partial charge in [0.15, 0.2) is 6.10 Å². The van der Waals surface area contributed by atoms with E-state index in [1.807, 2.05) is 0 Å². The largest absolute Gasteiger partial charge is 0.462 e. The van der Waals surface area contributed by atoms with E-state index in [0.29, 0.717) is 19.3 Å². The highest BCUT2D eigenvalue weighted by Crippen LogP contribution is 2.15. The van der Waals surface area contributed by atoms with Gasteiger partial charge >= 0.3 is 17.9 Å². The lowest BCUT2D eigenvalue weighted by Crippen LogP contribution is -2.30. The van der Waals surface area contributed by atoms with Gasteiger partial charge in [-0.3, -0.25) is 14.4 Å². The fraction of sp³-hybridized carbons (Fsp3) is 0.635. The Kier molecular flexibility index (Phi) is 53.0. The molecule has 0 aliphatic carbocycles. The minimum atomic E-state index is -0.833. The fourth-order valence-electron chi connectivity index (χ4n) is 7.34. The first-order valence-electron chi connectivity index (χ1n) is 28.0. The SMILES string of the molecule is CC/C=C/C/C=C/C/C=C/C/C=C/C/C=C/CCCC(=O)OC[C@@H](COC(=O)CCCCCCCCCCCCCCCCCCC)OC(=O)CCC/C=C/C/C=C/C/C=C/C/C=C/C/C=C/CC. The Bertz CT molecular complexity index is 1470.